The van der Waals surface area contributed by atoms with Crippen molar-refractivity contribution >= 4 is 23.7 Å². The Kier molecular flexibility index (Phi) is 19.9. The molecule has 1 heterocycles. The maximum atomic E-state index is 4.72. The zero-order chi connectivity index (χ0) is 14.2. The van der Waals surface area contributed by atoms with Gasteiger partial charge >= 0.3 is 21.7 Å². The Morgan fingerprint density at radius 2 is 1.60 bits per heavy atom. The Bertz CT molecular complexity index is 354. The molecular weight excluding hydrogens is 331 g/mol. The van der Waals surface area contributed by atoms with E-state index in [1.54, 1.807) is 12.3 Å². The molecule has 0 amide bonds. The van der Waals surface area contributed by atoms with Crippen molar-refractivity contribution in [2.24, 2.45) is 0 Å². The largest absolute Gasteiger partial charge is 3.00 e. The van der Waals surface area contributed by atoms with Gasteiger partial charge in [-0.2, -0.15) is 22.1 Å². The van der Waals surface area contributed by atoms with E-state index in [4.69, 9.17) is 4.42 Å². The second kappa shape index (κ2) is 18.4. The van der Waals surface area contributed by atoms with Gasteiger partial charge in [0.2, 0.25) is 0 Å². The van der Waals surface area contributed by atoms with Crippen LogP contribution in [0, 0.1) is 19.1 Å². The van der Waals surface area contributed by atoms with Crippen molar-refractivity contribution in [1.82, 2.24) is 0 Å². The standard InChI is InChI=1S/C5H5O.2C5H5.Cl2O.Ti/c1-5-3-2-4-6-5;2*1-2-4-5-3-1;1-3-2;/h2-4H,1H2;2*1-3H,4H2;;/q3*-1;;+3. The Labute approximate surface area is 146 Å². The molecule has 105 valence electrons. The van der Waals surface area contributed by atoms with Crippen LogP contribution in [0.4, 0.5) is 0 Å². The smallest absolute Gasteiger partial charge is 0.504 e. The van der Waals surface area contributed by atoms with Crippen molar-refractivity contribution in [3.63, 3.8) is 0 Å². The molecule has 1 aromatic rings. The molecule has 0 aromatic carbocycles. The van der Waals surface area contributed by atoms with Crippen LogP contribution >= 0.6 is 23.7 Å². The maximum Gasteiger partial charge on any atom is 3.00 e. The van der Waals surface area contributed by atoms with Gasteiger partial charge in [0.1, 0.15) is 0 Å². The summed E-state index contributed by atoms with van der Waals surface area (Å²) in [5.74, 6) is 0.718. The number of hydrogen-bond donors (Lipinski definition) is 0. The summed E-state index contributed by atoms with van der Waals surface area (Å²) in [5.41, 5.74) is 0. The first-order valence-corrected chi connectivity index (χ1v) is 6.11. The van der Waals surface area contributed by atoms with E-state index in [-0.39, 0.29) is 21.7 Å². The summed E-state index contributed by atoms with van der Waals surface area (Å²) >= 11 is 8.53. The summed E-state index contributed by atoms with van der Waals surface area (Å²) in [5, 5.41) is 0. The third-order valence-electron chi connectivity index (χ3n) is 1.75. The van der Waals surface area contributed by atoms with Crippen LogP contribution in [0.15, 0.2) is 59.3 Å². The molecule has 2 nitrogen and oxygen atoms in total. The maximum absolute atomic E-state index is 4.72. The Morgan fingerprint density at radius 1 is 1.10 bits per heavy atom. The minimum atomic E-state index is 0. The SMILES string of the molecule is ClOCl.[C-]1=CC=CC1.[C-]1=CC=CC1.[CH2-]c1ccco1.[Ti+3]. The third-order valence-corrected chi connectivity index (χ3v) is 1.75. The van der Waals surface area contributed by atoms with Gasteiger partial charge in [0, 0.05) is 0 Å². The average molecular weight is 346 g/mol. The van der Waals surface area contributed by atoms with E-state index in [0.717, 1.165) is 18.6 Å². The van der Waals surface area contributed by atoms with Gasteiger partial charge in [-0.25, -0.2) is 31.2 Å². The monoisotopic (exact) mass is 345 g/mol. The van der Waals surface area contributed by atoms with Crippen LogP contribution in [-0.4, -0.2) is 0 Å². The molecule has 1 radical (unpaired) electrons. The molecule has 20 heavy (non-hydrogen) atoms. The minimum absolute atomic E-state index is 0. The Hall–Kier alpha value is -0.636. The van der Waals surface area contributed by atoms with E-state index in [0.29, 0.717) is 0 Å². The van der Waals surface area contributed by atoms with Crippen molar-refractivity contribution in [2.45, 2.75) is 12.8 Å². The van der Waals surface area contributed by atoms with Crippen molar-refractivity contribution in [2.75, 3.05) is 0 Å². The van der Waals surface area contributed by atoms with E-state index in [9.17, 15) is 0 Å². The Morgan fingerprint density at radius 3 is 1.70 bits per heavy atom. The van der Waals surface area contributed by atoms with Gasteiger partial charge in [0.15, 0.2) is 0 Å². The predicted octanol–water partition coefficient (Wildman–Crippen LogP) is 5.38. The molecule has 0 aliphatic heterocycles. The van der Waals surface area contributed by atoms with Crippen LogP contribution < -0.4 is 0 Å². The fraction of sp³-hybridized carbons (Fsp3) is 0.133. The van der Waals surface area contributed by atoms with Gasteiger partial charge in [-0.3, -0.25) is 12.2 Å². The van der Waals surface area contributed by atoms with Crippen molar-refractivity contribution in [3.8, 4) is 0 Å². The van der Waals surface area contributed by atoms with E-state index in [1.807, 2.05) is 30.4 Å². The van der Waals surface area contributed by atoms with E-state index >= 15 is 0 Å². The number of hydrogen-bond acceptors (Lipinski definition) is 2. The minimum Gasteiger partial charge on any atom is -0.504 e. The number of allylic oxidation sites excluding steroid dienone is 8. The summed E-state index contributed by atoms with van der Waals surface area (Å²) in [6.45, 7) is 3.51. The molecule has 3 rings (SSSR count). The van der Waals surface area contributed by atoms with E-state index in [1.165, 1.54) is 0 Å². The van der Waals surface area contributed by atoms with Gasteiger partial charge in [0.05, 0.1) is 30.0 Å². The van der Waals surface area contributed by atoms with Gasteiger partial charge in [0.25, 0.3) is 0 Å². The molecule has 0 fully saturated rings. The zero-order valence-electron chi connectivity index (χ0n) is 10.9. The summed E-state index contributed by atoms with van der Waals surface area (Å²) < 4.78 is 7.92. The molecule has 5 heteroatoms. The first-order valence-electron chi connectivity index (χ1n) is 5.49. The predicted molar refractivity (Wildman–Crippen MR) is 79.1 cm³/mol. The summed E-state index contributed by atoms with van der Waals surface area (Å²) in [6.07, 6.45) is 21.6. The fourth-order valence-electron chi connectivity index (χ4n) is 0.993. The molecule has 0 N–H and O–H groups in total. The average Bonchev–Trinajstić information content (AvgIpc) is 3.19. The van der Waals surface area contributed by atoms with Crippen LogP contribution in [0.1, 0.15) is 18.6 Å². The van der Waals surface area contributed by atoms with Crippen LogP contribution in [0.5, 0.6) is 0 Å². The van der Waals surface area contributed by atoms with Crippen LogP contribution in [-0.2, 0) is 25.6 Å². The fourth-order valence-corrected chi connectivity index (χ4v) is 0.993. The van der Waals surface area contributed by atoms with Crippen LogP contribution in [0.25, 0.3) is 0 Å². The first-order chi connectivity index (χ1) is 9.31. The third kappa shape index (κ3) is 17.4. The second-order valence-electron chi connectivity index (χ2n) is 3.14. The molecule has 2 aliphatic carbocycles. The van der Waals surface area contributed by atoms with E-state index in [2.05, 4.69) is 58.8 Å². The van der Waals surface area contributed by atoms with Gasteiger partial charge in [-0.15, -0.1) is 18.9 Å². The molecule has 1 aromatic heterocycles. The summed E-state index contributed by atoms with van der Waals surface area (Å²) in [4.78, 5) is 0. The van der Waals surface area contributed by atoms with Gasteiger partial charge in [-0.05, 0) is 5.76 Å². The Balaban J connectivity index is 0. The topological polar surface area (TPSA) is 22.4 Å². The van der Waals surface area contributed by atoms with Crippen LogP contribution in [0.2, 0.25) is 0 Å². The normalized spacial score (nSPS) is 12.3. The number of furan rings is 1. The van der Waals surface area contributed by atoms with Gasteiger partial charge < -0.3 is 4.42 Å². The second-order valence-corrected chi connectivity index (χ2v) is 3.61. The number of halogens is 2. The van der Waals surface area contributed by atoms with E-state index < -0.39 is 0 Å². The molecule has 0 bridgehead atoms. The quantitative estimate of drug-likeness (QED) is 0.465. The molecule has 0 saturated carbocycles. The molecule has 0 spiro atoms. The first kappa shape index (κ1) is 21.7. The van der Waals surface area contributed by atoms with Crippen LogP contribution in [0.3, 0.4) is 0 Å². The molecular formula is C15H15Cl2O2Ti. The molecule has 0 saturated heterocycles. The summed E-state index contributed by atoms with van der Waals surface area (Å²) in [7, 11) is 0. The van der Waals surface area contributed by atoms with Gasteiger partial charge in [-0.1, -0.05) is 0 Å². The van der Waals surface area contributed by atoms with Crippen molar-refractivity contribution < 1.29 is 30.0 Å². The molecule has 0 atom stereocenters. The number of rotatable bonds is 0. The summed E-state index contributed by atoms with van der Waals surface area (Å²) in [6, 6.07) is 3.61. The molecule has 2 aliphatic rings. The van der Waals surface area contributed by atoms with Crippen molar-refractivity contribution in [3.05, 3.63) is 79.7 Å². The zero-order valence-corrected chi connectivity index (χ0v) is 14.0. The molecule has 0 unspecified atom stereocenters. The van der Waals surface area contributed by atoms with Crippen molar-refractivity contribution in [1.29, 1.82) is 0 Å².